The smallest absolute Gasteiger partial charge is 0.277 e. The molecule has 0 unspecified atom stereocenters. The Hall–Kier alpha value is -4.36. The number of nitrogens with one attached hydrogen (secondary N) is 2. The zero-order chi connectivity index (χ0) is 24.0. The number of hydrogen-bond donors (Lipinski definition) is 2. The number of hydrogen-bond acceptors (Lipinski definition) is 5. The molecule has 1 amide bonds. The van der Waals surface area contributed by atoms with E-state index in [4.69, 9.17) is 0 Å². The molecule has 0 saturated heterocycles. The number of benzene rings is 3. The molecular weight excluding hydrogens is 456 g/mol. The summed E-state index contributed by atoms with van der Waals surface area (Å²) in [4.78, 5) is 30.8. The molecule has 172 valence electrons. The second kappa shape index (κ2) is 10.3. The van der Waals surface area contributed by atoms with E-state index in [1.54, 1.807) is 11.3 Å². The van der Waals surface area contributed by atoms with Gasteiger partial charge in [0, 0.05) is 22.9 Å². The van der Waals surface area contributed by atoms with Crippen molar-refractivity contribution in [2.24, 2.45) is 0 Å². The fourth-order valence-electron chi connectivity index (χ4n) is 3.90. The first-order valence-electron chi connectivity index (χ1n) is 11.2. The summed E-state index contributed by atoms with van der Waals surface area (Å²) >= 11 is 1.55. The lowest BCUT2D eigenvalue weighted by Gasteiger charge is -2.13. The highest BCUT2D eigenvalue weighted by atomic mass is 32.1. The van der Waals surface area contributed by atoms with Crippen molar-refractivity contribution in [3.63, 3.8) is 0 Å². The highest BCUT2D eigenvalue weighted by molar-refractivity contribution is 7.09. The Morgan fingerprint density at radius 2 is 1.49 bits per heavy atom. The Labute approximate surface area is 206 Å². The van der Waals surface area contributed by atoms with Gasteiger partial charge in [0.05, 0.1) is 22.9 Å². The van der Waals surface area contributed by atoms with Crippen LogP contribution in [0.5, 0.6) is 0 Å². The summed E-state index contributed by atoms with van der Waals surface area (Å²) in [6.07, 6.45) is 0.738. The van der Waals surface area contributed by atoms with Gasteiger partial charge in [-0.1, -0.05) is 91.0 Å². The van der Waals surface area contributed by atoms with Crippen LogP contribution in [0.25, 0.3) is 22.4 Å². The Morgan fingerprint density at radius 3 is 2.17 bits per heavy atom. The van der Waals surface area contributed by atoms with Gasteiger partial charge in [0.2, 0.25) is 0 Å². The summed E-state index contributed by atoms with van der Waals surface area (Å²) in [7, 11) is 0. The molecule has 0 radical (unpaired) electrons. The topological polar surface area (TPSA) is 87.7 Å². The van der Waals surface area contributed by atoms with E-state index in [1.807, 2.05) is 84.2 Å². The van der Waals surface area contributed by atoms with Gasteiger partial charge in [-0.05, 0) is 11.1 Å². The minimum Gasteiger partial charge on any atom is -0.346 e. The van der Waals surface area contributed by atoms with Crippen LogP contribution in [0.2, 0.25) is 0 Å². The van der Waals surface area contributed by atoms with Crippen LogP contribution < -0.4 is 10.9 Å². The van der Waals surface area contributed by atoms with Gasteiger partial charge in [-0.3, -0.25) is 9.59 Å². The SMILES string of the molecule is O=C(NCc1csc(Cc2ccccc2)n1)c1c(-c2ccccc2)c(-c2ccccc2)n[nH]c1=O. The number of amides is 1. The summed E-state index contributed by atoms with van der Waals surface area (Å²) in [6.45, 7) is 0.223. The van der Waals surface area contributed by atoms with Crippen molar-refractivity contribution in [3.05, 3.63) is 129 Å². The van der Waals surface area contributed by atoms with Gasteiger partial charge in [-0.15, -0.1) is 11.3 Å². The van der Waals surface area contributed by atoms with Crippen LogP contribution in [0.15, 0.2) is 101 Å². The number of aromatic amines is 1. The third-order valence-electron chi connectivity index (χ3n) is 5.55. The molecule has 2 aromatic heterocycles. The minimum absolute atomic E-state index is 0.0322. The fourth-order valence-corrected chi connectivity index (χ4v) is 4.73. The van der Waals surface area contributed by atoms with Gasteiger partial charge in [0.25, 0.3) is 11.5 Å². The molecule has 35 heavy (non-hydrogen) atoms. The quantitative estimate of drug-likeness (QED) is 0.341. The predicted molar refractivity (Wildman–Crippen MR) is 138 cm³/mol. The molecule has 0 atom stereocenters. The third kappa shape index (κ3) is 5.10. The second-order valence-electron chi connectivity index (χ2n) is 7.96. The monoisotopic (exact) mass is 478 g/mol. The number of aromatic nitrogens is 3. The summed E-state index contributed by atoms with van der Waals surface area (Å²) < 4.78 is 0. The summed E-state index contributed by atoms with van der Waals surface area (Å²) in [5.41, 5.74) is 4.02. The van der Waals surface area contributed by atoms with Gasteiger partial charge in [0.15, 0.2) is 0 Å². The van der Waals surface area contributed by atoms with Crippen LogP contribution in [0.1, 0.15) is 26.6 Å². The standard InChI is InChI=1S/C28H22N4O2S/c33-27(29-17-22-18-35-23(30-22)16-19-10-4-1-5-11-19)25-24(20-12-6-2-7-13-20)26(31-32-28(25)34)21-14-8-3-9-15-21/h1-15,18H,16-17H2,(H,29,33)(H,32,34). The molecule has 5 rings (SSSR count). The summed E-state index contributed by atoms with van der Waals surface area (Å²) in [5.74, 6) is -0.470. The zero-order valence-corrected chi connectivity index (χ0v) is 19.6. The van der Waals surface area contributed by atoms with Crippen LogP contribution in [0, 0.1) is 0 Å². The molecule has 0 aliphatic heterocycles. The van der Waals surface area contributed by atoms with Crippen molar-refractivity contribution < 1.29 is 4.79 Å². The van der Waals surface area contributed by atoms with Crippen molar-refractivity contribution in [2.75, 3.05) is 0 Å². The maximum atomic E-state index is 13.3. The van der Waals surface area contributed by atoms with Crippen LogP contribution in [0.4, 0.5) is 0 Å². The molecule has 0 bridgehead atoms. The first kappa shape index (κ1) is 22.4. The summed E-state index contributed by atoms with van der Waals surface area (Å²) in [5, 5.41) is 12.6. The van der Waals surface area contributed by atoms with E-state index in [9.17, 15) is 9.59 Å². The third-order valence-corrected chi connectivity index (χ3v) is 6.45. The Bertz CT molecular complexity index is 1500. The van der Waals surface area contributed by atoms with Crippen LogP contribution in [0.3, 0.4) is 0 Å². The van der Waals surface area contributed by atoms with Crippen LogP contribution >= 0.6 is 11.3 Å². The lowest BCUT2D eigenvalue weighted by atomic mass is 9.95. The largest absolute Gasteiger partial charge is 0.346 e. The van der Waals surface area contributed by atoms with Crippen molar-refractivity contribution in [1.82, 2.24) is 20.5 Å². The Kier molecular flexibility index (Phi) is 6.59. The van der Waals surface area contributed by atoms with E-state index < -0.39 is 11.5 Å². The molecule has 0 spiro atoms. The van der Waals surface area contributed by atoms with Crippen molar-refractivity contribution in [3.8, 4) is 22.4 Å². The molecular formula is C28H22N4O2S. The second-order valence-corrected chi connectivity index (χ2v) is 8.90. The van der Waals surface area contributed by atoms with Crippen molar-refractivity contribution in [1.29, 1.82) is 0 Å². The average Bonchev–Trinajstić information content (AvgIpc) is 3.36. The van der Waals surface area contributed by atoms with Crippen molar-refractivity contribution in [2.45, 2.75) is 13.0 Å². The normalized spacial score (nSPS) is 10.7. The maximum absolute atomic E-state index is 13.3. The molecule has 0 fully saturated rings. The molecule has 7 heteroatoms. The number of nitrogens with zero attached hydrogens (tertiary/aromatic N) is 2. The minimum atomic E-state index is -0.538. The molecule has 2 N–H and O–H groups in total. The predicted octanol–water partition coefficient (Wildman–Crippen LogP) is 5.08. The highest BCUT2D eigenvalue weighted by Gasteiger charge is 2.23. The van der Waals surface area contributed by atoms with Crippen LogP contribution in [-0.4, -0.2) is 21.1 Å². The van der Waals surface area contributed by atoms with Crippen molar-refractivity contribution >= 4 is 17.2 Å². The number of rotatable bonds is 7. The highest BCUT2D eigenvalue weighted by Crippen LogP contribution is 2.31. The Morgan fingerprint density at radius 1 is 0.857 bits per heavy atom. The zero-order valence-electron chi connectivity index (χ0n) is 18.8. The van der Waals surface area contributed by atoms with Gasteiger partial charge >= 0.3 is 0 Å². The van der Waals surface area contributed by atoms with E-state index in [0.29, 0.717) is 11.3 Å². The van der Waals surface area contributed by atoms with Gasteiger partial charge in [-0.25, -0.2) is 10.1 Å². The molecule has 0 aliphatic rings. The first-order valence-corrected chi connectivity index (χ1v) is 12.1. The Balaban J connectivity index is 1.44. The summed E-state index contributed by atoms with van der Waals surface area (Å²) in [6, 6.07) is 29.0. The molecule has 0 saturated carbocycles. The van der Waals surface area contributed by atoms with E-state index >= 15 is 0 Å². The molecule has 5 aromatic rings. The van der Waals surface area contributed by atoms with E-state index in [2.05, 4.69) is 32.6 Å². The fraction of sp³-hybridized carbons (Fsp3) is 0.0714. The van der Waals surface area contributed by atoms with Gasteiger partial charge in [0.1, 0.15) is 5.56 Å². The first-order chi connectivity index (χ1) is 17.2. The average molecular weight is 479 g/mol. The number of thiazole rings is 1. The molecule has 0 aliphatic carbocycles. The maximum Gasteiger partial charge on any atom is 0.277 e. The molecule has 2 heterocycles. The lowest BCUT2D eigenvalue weighted by molar-refractivity contribution is 0.0949. The van der Waals surface area contributed by atoms with E-state index in [1.165, 1.54) is 5.56 Å². The van der Waals surface area contributed by atoms with Gasteiger partial charge in [-0.2, -0.15) is 5.10 Å². The number of carbonyl (C=O) groups excluding carboxylic acids is 1. The van der Waals surface area contributed by atoms with E-state index in [-0.39, 0.29) is 12.1 Å². The number of H-pyrrole nitrogens is 1. The van der Waals surface area contributed by atoms with E-state index in [0.717, 1.165) is 28.2 Å². The molecule has 3 aromatic carbocycles. The molecule has 6 nitrogen and oxygen atoms in total. The number of carbonyl (C=O) groups is 1. The van der Waals surface area contributed by atoms with Crippen LogP contribution in [-0.2, 0) is 13.0 Å². The van der Waals surface area contributed by atoms with Gasteiger partial charge < -0.3 is 5.32 Å². The lowest BCUT2D eigenvalue weighted by Crippen LogP contribution is -2.31.